The Balaban J connectivity index is 1.68. The maximum absolute atomic E-state index is 14.0. The van der Waals surface area contributed by atoms with E-state index in [0.29, 0.717) is 52.9 Å². The van der Waals surface area contributed by atoms with Gasteiger partial charge in [0.2, 0.25) is 5.76 Å². The Kier molecular flexibility index (Phi) is 7.47. The molecule has 0 saturated carbocycles. The predicted octanol–water partition coefficient (Wildman–Crippen LogP) is 7.24. The summed E-state index contributed by atoms with van der Waals surface area (Å²) in [6.07, 6.45) is 1.81. The van der Waals surface area contributed by atoms with Crippen molar-refractivity contribution < 1.29 is 18.7 Å². The van der Waals surface area contributed by atoms with E-state index in [2.05, 4.69) is 20.8 Å². The number of amides is 1. The molecule has 0 N–H and O–H groups in total. The van der Waals surface area contributed by atoms with Crippen molar-refractivity contribution in [2.45, 2.75) is 53.5 Å². The summed E-state index contributed by atoms with van der Waals surface area (Å²) in [5.74, 6) is 1.49. The number of aryl methyl sites for hydroxylation is 2. The second kappa shape index (κ2) is 11.0. The summed E-state index contributed by atoms with van der Waals surface area (Å²) >= 11 is 0. The Labute approximate surface area is 229 Å². The van der Waals surface area contributed by atoms with Crippen LogP contribution >= 0.6 is 0 Å². The third kappa shape index (κ3) is 5.03. The Hall–Kier alpha value is -4.06. The van der Waals surface area contributed by atoms with Crippen LogP contribution in [0.3, 0.4) is 0 Å². The highest BCUT2D eigenvalue weighted by Crippen LogP contribution is 2.43. The minimum Gasteiger partial charge on any atom is -0.490 e. The molecule has 39 heavy (non-hydrogen) atoms. The second-order valence-electron chi connectivity index (χ2n) is 10.4. The van der Waals surface area contributed by atoms with Gasteiger partial charge in [-0.1, -0.05) is 50.6 Å². The largest absolute Gasteiger partial charge is 0.490 e. The molecule has 0 saturated heterocycles. The summed E-state index contributed by atoms with van der Waals surface area (Å²) in [5, 5.41) is 0.466. The standard InChI is InChI=1S/C33H35NO5/c1-6-22-9-12-24(13-10-22)34-30(23-11-15-27(28(19-23)37-7-2)38-17-16-20(3)4)29-31(35)25-18-21(5)8-14-26(25)39-32(29)33(34)36/h8-15,18-20,30H,6-7,16-17H2,1-5H3. The zero-order valence-electron chi connectivity index (χ0n) is 23.2. The third-order valence-corrected chi connectivity index (χ3v) is 7.18. The van der Waals surface area contributed by atoms with Crippen LogP contribution < -0.4 is 19.8 Å². The minimum atomic E-state index is -0.676. The first-order valence-corrected chi connectivity index (χ1v) is 13.7. The van der Waals surface area contributed by atoms with E-state index in [1.165, 1.54) is 0 Å². The first kappa shape index (κ1) is 26.5. The molecule has 1 unspecified atom stereocenters. The zero-order chi connectivity index (χ0) is 27.7. The minimum absolute atomic E-state index is 0.0798. The van der Waals surface area contributed by atoms with Gasteiger partial charge in [0.05, 0.1) is 30.2 Å². The van der Waals surface area contributed by atoms with Crippen molar-refractivity contribution in [1.29, 1.82) is 0 Å². The summed E-state index contributed by atoms with van der Waals surface area (Å²) in [5.41, 5.74) is 4.11. The Morgan fingerprint density at radius 2 is 1.69 bits per heavy atom. The molecule has 4 aromatic rings. The first-order valence-electron chi connectivity index (χ1n) is 13.7. The fourth-order valence-corrected chi connectivity index (χ4v) is 5.05. The highest BCUT2D eigenvalue weighted by molar-refractivity contribution is 6.10. The van der Waals surface area contributed by atoms with Crippen LogP contribution in [0.1, 0.15) is 73.0 Å². The highest BCUT2D eigenvalue weighted by atomic mass is 16.5. The molecule has 0 aliphatic carbocycles. The van der Waals surface area contributed by atoms with E-state index >= 15 is 0 Å². The first-order chi connectivity index (χ1) is 18.8. The van der Waals surface area contributed by atoms with Crippen molar-refractivity contribution in [2.75, 3.05) is 18.1 Å². The lowest BCUT2D eigenvalue weighted by molar-refractivity contribution is 0.0971. The van der Waals surface area contributed by atoms with Crippen LogP contribution in [0.15, 0.2) is 69.9 Å². The molecule has 6 nitrogen and oxygen atoms in total. The summed E-state index contributed by atoms with van der Waals surface area (Å²) in [4.78, 5) is 29.5. The number of hydrogen-bond donors (Lipinski definition) is 0. The van der Waals surface area contributed by atoms with Gasteiger partial charge in [-0.2, -0.15) is 0 Å². The monoisotopic (exact) mass is 525 g/mol. The summed E-state index contributed by atoms with van der Waals surface area (Å²) in [7, 11) is 0. The van der Waals surface area contributed by atoms with Crippen molar-refractivity contribution in [1.82, 2.24) is 0 Å². The molecule has 1 aliphatic heterocycles. The molecule has 2 heterocycles. The molecule has 6 heteroatoms. The molecule has 5 rings (SSSR count). The molecule has 1 aliphatic rings. The molecule has 202 valence electrons. The SMILES string of the molecule is CCOc1cc(C2c3c(oc4ccc(C)cc4c3=O)C(=O)N2c2ccc(CC)cc2)ccc1OCCC(C)C. The number of anilines is 1. The average Bonchev–Trinajstić information content (AvgIpc) is 3.22. The van der Waals surface area contributed by atoms with Crippen molar-refractivity contribution >= 4 is 22.6 Å². The van der Waals surface area contributed by atoms with Crippen LogP contribution in [-0.2, 0) is 6.42 Å². The number of rotatable bonds is 9. The van der Waals surface area contributed by atoms with Gasteiger partial charge in [0, 0.05) is 5.69 Å². The van der Waals surface area contributed by atoms with Crippen molar-refractivity contribution in [3.63, 3.8) is 0 Å². The van der Waals surface area contributed by atoms with E-state index in [1.807, 2.05) is 68.4 Å². The number of benzene rings is 3. The molecule has 1 atom stereocenters. The van der Waals surface area contributed by atoms with Gasteiger partial charge >= 0.3 is 0 Å². The Morgan fingerprint density at radius 3 is 2.38 bits per heavy atom. The lowest BCUT2D eigenvalue weighted by Gasteiger charge is -2.26. The lowest BCUT2D eigenvalue weighted by Crippen LogP contribution is -2.29. The molecule has 0 bridgehead atoms. The van der Waals surface area contributed by atoms with E-state index in [-0.39, 0.29) is 17.1 Å². The molecule has 0 radical (unpaired) electrons. The van der Waals surface area contributed by atoms with Gasteiger partial charge in [-0.05, 0) is 80.1 Å². The molecular weight excluding hydrogens is 490 g/mol. The molecule has 0 spiro atoms. The van der Waals surface area contributed by atoms with Gasteiger partial charge < -0.3 is 13.9 Å². The smallest absolute Gasteiger partial charge is 0.295 e. The normalized spacial score (nSPS) is 14.8. The number of carbonyl (C=O) groups is 1. The number of fused-ring (bicyclic) bond motifs is 2. The van der Waals surface area contributed by atoms with Crippen molar-refractivity contribution in [3.05, 3.63) is 98.9 Å². The molecule has 3 aromatic carbocycles. The molecule has 1 aromatic heterocycles. The highest BCUT2D eigenvalue weighted by Gasteiger charge is 2.44. The molecular formula is C33H35NO5. The number of nitrogens with zero attached hydrogens (tertiary/aromatic N) is 1. The fourth-order valence-electron chi connectivity index (χ4n) is 5.05. The van der Waals surface area contributed by atoms with Gasteiger partial charge in [0.15, 0.2) is 16.9 Å². The van der Waals surface area contributed by atoms with Crippen LogP contribution in [0.4, 0.5) is 5.69 Å². The maximum Gasteiger partial charge on any atom is 0.295 e. The lowest BCUT2D eigenvalue weighted by atomic mass is 9.97. The maximum atomic E-state index is 14.0. The van der Waals surface area contributed by atoms with Crippen LogP contribution in [0.5, 0.6) is 11.5 Å². The summed E-state index contributed by atoms with van der Waals surface area (Å²) in [6.45, 7) is 11.3. The quantitative estimate of drug-likeness (QED) is 0.230. The molecule has 1 amide bonds. The van der Waals surface area contributed by atoms with E-state index in [1.54, 1.807) is 11.0 Å². The van der Waals surface area contributed by atoms with Crippen molar-refractivity contribution in [3.8, 4) is 11.5 Å². The molecule has 0 fully saturated rings. The second-order valence-corrected chi connectivity index (χ2v) is 10.4. The van der Waals surface area contributed by atoms with Gasteiger partial charge in [-0.3, -0.25) is 14.5 Å². The number of carbonyl (C=O) groups excluding carboxylic acids is 1. The van der Waals surface area contributed by atoms with Gasteiger partial charge in [0.1, 0.15) is 5.58 Å². The topological polar surface area (TPSA) is 69.0 Å². The summed E-state index contributed by atoms with van der Waals surface area (Å²) < 4.78 is 18.2. The Bertz CT molecular complexity index is 1570. The van der Waals surface area contributed by atoms with E-state index in [9.17, 15) is 9.59 Å². The van der Waals surface area contributed by atoms with Crippen LogP contribution in [-0.4, -0.2) is 19.1 Å². The predicted molar refractivity (Wildman–Crippen MR) is 154 cm³/mol. The average molecular weight is 526 g/mol. The Morgan fingerprint density at radius 1 is 0.923 bits per heavy atom. The van der Waals surface area contributed by atoms with E-state index in [4.69, 9.17) is 13.9 Å². The summed E-state index contributed by atoms with van der Waals surface area (Å²) in [6, 6.07) is 18.3. The van der Waals surface area contributed by atoms with Crippen LogP contribution in [0.2, 0.25) is 0 Å². The third-order valence-electron chi connectivity index (χ3n) is 7.18. The van der Waals surface area contributed by atoms with Gasteiger partial charge in [-0.25, -0.2) is 0 Å². The number of ether oxygens (including phenoxy) is 2. The number of hydrogen-bond acceptors (Lipinski definition) is 5. The van der Waals surface area contributed by atoms with Gasteiger partial charge in [0.25, 0.3) is 5.91 Å². The fraction of sp³-hybridized carbons (Fsp3) is 0.333. The zero-order valence-corrected chi connectivity index (χ0v) is 23.2. The van der Waals surface area contributed by atoms with E-state index < -0.39 is 6.04 Å². The van der Waals surface area contributed by atoms with Crippen LogP contribution in [0.25, 0.3) is 11.0 Å². The van der Waals surface area contributed by atoms with E-state index in [0.717, 1.165) is 29.5 Å². The van der Waals surface area contributed by atoms with Gasteiger partial charge in [-0.15, -0.1) is 0 Å². The van der Waals surface area contributed by atoms with Crippen molar-refractivity contribution in [2.24, 2.45) is 5.92 Å². The van der Waals surface area contributed by atoms with Crippen LogP contribution in [0, 0.1) is 12.8 Å².